The van der Waals surface area contributed by atoms with Crippen LogP contribution in [0.25, 0.3) is 0 Å². The molecule has 1 fully saturated rings. The Labute approximate surface area is 810 Å². The number of benzene rings is 11. The molecule has 0 saturated heterocycles. The zero-order valence-corrected chi connectivity index (χ0v) is 79.9. The van der Waals surface area contributed by atoms with Gasteiger partial charge in [0.15, 0.2) is 11.5 Å². The quantitative estimate of drug-likeness (QED) is 0.0207. The maximum absolute atomic E-state index is 14.2. The van der Waals surface area contributed by atoms with Gasteiger partial charge in [-0.05, 0) is 229 Å². The van der Waals surface area contributed by atoms with Gasteiger partial charge in [0.1, 0.15) is 42.7 Å². The van der Waals surface area contributed by atoms with Crippen LogP contribution < -0.4 is 70.9 Å². The smallest absolute Gasteiger partial charge is 0.242 e. The molecule has 11 aromatic carbocycles. The van der Waals surface area contributed by atoms with Gasteiger partial charge < -0.3 is 52.0 Å². The van der Waals surface area contributed by atoms with Crippen LogP contribution in [0, 0.1) is 17.7 Å². The van der Waals surface area contributed by atoms with Crippen molar-refractivity contribution < 1.29 is 85.9 Å². The summed E-state index contributed by atoms with van der Waals surface area (Å²) in [4.78, 5) is 99.3. The van der Waals surface area contributed by atoms with Crippen LogP contribution in [0.1, 0.15) is 103 Å². The Balaban J connectivity index is 0.000000147. The number of rotatable bonds is 29. The number of nitrogens with one attached hydrogen (secondary N) is 12. The predicted molar refractivity (Wildman–Crippen MR) is 524 cm³/mol. The first-order valence-electron chi connectivity index (χ1n) is 44.9. The van der Waals surface area contributed by atoms with Crippen LogP contribution in [0.5, 0.6) is 11.5 Å². The molecule has 30 nitrogen and oxygen atoms in total. The van der Waals surface area contributed by atoms with Gasteiger partial charge in [0.05, 0.1) is 42.5 Å². The summed E-state index contributed by atoms with van der Waals surface area (Å²) < 4.78 is 142. The number of hydrogen-bond acceptors (Lipinski definition) is 18. The Kier molecular flexibility index (Phi) is 33.6. The zero-order chi connectivity index (χ0) is 97.8. The number of ether oxygens (including phenoxy) is 2. The number of sulfonamides is 4. The van der Waals surface area contributed by atoms with E-state index in [-0.39, 0.29) is 111 Å². The van der Waals surface area contributed by atoms with Gasteiger partial charge in [0, 0.05) is 59.5 Å². The number of fused-ring (bicyclic) bond motifs is 5. The molecule has 5 aliphatic heterocycles. The third-order valence-electron chi connectivity index (χ3n) is 24.1. The fraction of sp³-hybridized carbons (Fsp3) is 0.267. The summed E-state index contributed by atoms with van der Waals surface area (Å²) in [7, 11) is -16.1. The highest BCUT2D eigenvalue weighted by molar-refractivity contribution is 7.90. The predicted octanol–water partition coefficient (Wildman–Crippen LogP) is 13.5. The molecule has 8 atom stereocenters. The Morgan fingerprint density at radius 1 is 0.391 bits per heavy atom. The molecule has 0 radical (unpaired) electrons. The third-order valence-corrected chi connectivity index (χ3v) is 30.6. The van der Waals surface area contributed by atoms with E-state index in [0.29, 0.717) is 107 Å². The highest BCUT2D eigenvalue weighted by Crippen LogP contribution is 2.36. The third kappa shape index (κ3) is 27.5. The van der Waals surface area contributed by atoms with Crippen LogP contribution in [-0.4, -0.2) is 130 Å². The summed E-state index contributed by atoms with van der Waals surface area (Å²) in [6.07, 6.45) is 6.25. The lowest BCUT2D eigenvalue weighted by atomic mass is 9.78. The Bertz CT molecular complexity index is 6830. The van der Waals surface area contributed by atoms with Gasteiger partial charge >= 0.3 is 0 Å². The minimum Gasteiger partial charge on any atom is -0.486 e. The van der Waals surface area contributed by atoms with Crippen molar-refractivity contribution in [1.29, 1.82) is 0 Å². The van der Waals surface area contributed by atoms with E-state index in [2.05, 4.69) is 75.3 Å². The lowest BCUT2D eigenvalue weighted by Crippen LogP contribution is -2.53. The summed E-state index contributed by atoms with van der Waals surface area (Å²) in [5.74, 6) is -1.08. The van der Waals surface area contributed by atoms with Crippen molar-refractivity contribution in [1.82, 2.24) is 29.5 Å². The van der Waals surface area contributed by atoms with E-state index in [9.17, 15) is 76.4 Å². The van der Waals surface area contributed by atoms with E-state index >= 15 is 0 Å². The van der Waals surface area contributed by atoms with Gasteiger partial charge in [0.25, 0.3) is 0 Å². The van der Waals surface area contributed by atoms with E-state index < -0.39 is 93.9 Å². The van der Waals surface area contributed by atoms with Crippen molar-refractivity contribution in [3.05, 3.63) is 321 Å². The molecule has 8 amide bonds. The highest BCUT2D eigenvalue weighted by atomic mass is 35.5. The maximum Gasteiger partial charge on any atom is 0.242 e. The standard InChI is InChI=1S/C27H27N3O6S.C26H33N3O4S.C24H21ClFN3O4S.C24H22ClN3O4S/c31-26-13-10-19-15-21(11-12-22(19)29-26)37(33,34)30-23(14-18-6-2-1-3-7-18)27(32)28-16-20-17-35-24-8-4-5-9-25(24)36-20;1-17-7-6-10-22(18(17)2)28-26(31)24(15-19-8-4-3-5-9-19)29-34(32,33)21-12-13-23-20(16-21)11-14-25(30)27-23;25-17-7-9-21(19(26)14-17)28-24(31)22(12-15-4-2-1-3-5-15)29-34(32,33)18-8-10-20-16(13-18)6-11-23(30)27-20;25-19-8-4-5-9-21(19)27-24(30)22(14-16-6-2-1-3-7-16)28-33(31,32)18-11-12-20-17(15-18)10-13-23(29)26-20/h1-9,11-12,15,20,23,30H,10,13-14,16-17H2,(H,28,32)(H,29,31);3-5,8-9,12-13,16-18,22,24,29H,6-7,10-11,14-15H2,1-2H3,(H,27,30)(H,28,31);1-5,7-10,13-14,22,29H,6,11-12H2,(H,27,30)(H,28,31);1-9,11-12,15,22,28H,10,13-14H2,(H,26,29)(H,27,30). The van der Waals surface area contributed by atoms with Crippen LogP contribution in [0.3, 0.4) is 0 Å². The van der Waals surface area contributed by atoms with E-state index in [1.807, 2.05) is 109 Å². The molecule has 1 aliphatic carbocycles. The molecule has 0 spiro atoms. The first-order valence-corrected chi connectivity index (χ1v) is 51.6. The fourth-order valence-electron chi connectivity index (χ4n) is 16.4. The second kappa shape index (κ2) is 45.9. The molecule has 17 rings (SSSR count). The number of anilines is 6. The molecule has 11 aromatic rings. The lowest BCUT2D eigenvalue weighted by Gasteiger charge is -2.35. The molecular weight excluding hydrogens is 1890 g/mol. The Morgan fingerprint density at radius 3 is 1.12 bits per heavy atom. The molecule has 0 aromatic heterocycles. The monoisotopic (exact) mass is 1990 g/mol. The lowest BCUT2D eigenvalue weighted by molar-refractivity contribution is -0.124. The van der Waals surface area contributed by atoms with Crippen molar-refractivity contribution in [2.75, 3.05) is 45.1 Å². The molecule has 37 heteroatoms. The molecule has 720 valence electrons. The molecule has 5 heterocycles. The largest absolute Gasteiger partial charge is 0.486 e. The Hall–Kier alpha value is -13.1. The number of amides is 8. The first kappa shape index (κ1) is 101. The average Bonchev–Trinajstić information content (AvgIpc) is 0.803. The van der Waals surface area contributed by atoms with E-state index in [0.717, 1.165) is 64.3 Å². The molecule has 0 bridgehead atoms. The van der Waals surface area contributed by atoms with Crippen molar-refractivity contribution in [3.8, 4) is 11.5 Å². The highest BCUT2D eigenvalue weighted by Gasteiger charge is 2.37. The van der Waals surface area contributed by atoms with Gasteiger partial charge in [-0.1, -0.05) is 195 Å². The van der Waals surface area contributed by atoms with E-state index in [1.165, 1.54) is 54.6 Å². The summed E-state index contributed by atoms with van der Waals surface area (Å²) in [6, 6.07) is 68.3. The van der Waals surface area contributed by atoms with Gasteiger partial charge in [0.2, 0.25) is 87.4 Å². The normalized spacial score (nSPS) is 17.3. The molecular formula is C101H103Cl2FN12O18S4. The zero-order valence-electron chi connectivity index (χ0n) is 75.1. The second-order valence-corrected chi connectivity index (χ2v) is 41.8. The number of hydrogen-bond donors (Lipinski definition) is 12. The molecule has 12 N–H and O–H groups in total. The SMILES string of the molecule is CC1CCCC(NC(=O)C(Cc2ccccc2)NS(=O)(=O)c2ccc3c(c2)CCC(=O)N3)C1C.O=C1CCc2cc(S(=O)(=O)NC(Cc3ccccc3)C(=O)NCC3COc4ccccc4O3)ccc2N1.O=C1CCc2cc(S(=O)(=O)NC(Cc3ccccc3)C(=O)Nc3ccc(Cl)cc3F)ccc2N1.O=C1CCc2cc(S(=O)(=O)NC(Cc3ccccc3)C(=O)Nc3ccccc3Cl)ccc2N1. The van der Waals surface area contributed by atoms with Crippen molar-refractivity contribution in [2.24, 2.45) is 11.8 Å². The van der Waals surface area contributed by atoms with E-state index in [1.54, 1.807) is 91.0 Å². The maximum atomic E-state index is 14.2. The fourth-order valence-corrected chi connectivity index (χ4v) is 21.8. The van der Waals surface area contributed by atoms with Crippen LogP contribution in [0.2, 0.25) is 10.0 Å². The summed E-state index contributed by atoms with van der Waals surface area (Å²) in [5, 5.41) is 22.6. The van der Waals surface area contributed by atoms with Crippen LogP contribution >= 0.6 is 23.2 Å². The Morgan fingerprint density at radius 2 is 0.739 bits per heavy atom. The van der Waals surface area contributed by atoms with Gasteiger partial charge in [-0.2, -0.15) is 18.9 Å². The number of halogens is 3. The van der Waals surface area contributed by atoms with E-state index in [4.69, 9.17) is 32.7 Å². The minimum atomic E-state index is -4.12. The van der Waals surface area contributed by atoms with Crippen LogP contribution in [-0.2, 0) is 130 Å². The van der Waals surface area contributed by atoms with Crippen LogP contribution in [0.15, 0.2) is 280 Å². The molecule has 8 unspecified atom stereocenters. The van der Waals surface area contributed by atoms with Crippen molar-refractivity contribution >= 4 is 145 Å². The molecule has 1 saturated carbocycles. The summed E-state index contributed by atoms with van der Waals surface area (Å²) in [5.41, 5.74) is 8.82. The second-order valence-electron chi connectivity index (χ2n) is 34.1. The number of para-hydroxylation sites is 3. The van der Waals surface area contributed by atoms with Crippen molar-refractivity contribution in [3.63, 3.8) is 0 Å². The van der Waals surface area contributed by atoms with Gasteiger partial charge in [-0.15, -0.1) is 0 Å². The van der Waals surface area contributed by atoms with Gasteiger partial charge in [-0.25, -0.2) is 38.1 Å². The molecule has 6 aliphatic rings. The first-order chi connectivity index (χ1) is 66.1. The number of aryl methyl sites for hydroxylation is 4. The number of carbonyl (C=O) groups is 8. The van der Waals surface area contributed by atoms with Crippen LogP contribution in [0.4, 0.5) is 38.5 Å². The molecule has 138 heavy (non-hydrogen) atoms. The summed E-state index contributed by atoms with van der Waals surface area (Å²) in [6.45, 7) is 4.76. The minimum absolute atomic E-state index is 0.0287. The van der Waals surface area contributed by atoms with Gasteiger partial charge in [-0.3, -0.25) is 38.4 Å². The average molecular weight is 1990 g/mol. The number of carbonyl (C=O) groups excluding carboxylic acids is 8. The summed E-state index contributed by atoms with van der Waals surface area (Å²) >= 11 is 11.9. The van der Waals surface area contributed by atoms with Crippen molar-refractivity contribution in [2.45, 2.75) is 166 Å². The topological polar surface area (TPSA) is 436 Å².